The molecule has 8 heteroatoms. The molecule has 5 rings (SSSR count). The number of hydrogen-bond acceptors (Lipinski definition) is 5. The summed E-state index contributed by atoms with van der Waals surface area (Å²) in [4.78, 5) is 32.9. The lowest BCUT2D eigenvalue weighted by molar-refractivity contribution is -0.113. The topological polar surface area (TPSA) is 67.2 Å². The van der Waals surface area contributed by atoms with Crippen LogP contribution in [0.1, 0.15) is 19.3 Å². The van der Waals surface area contributed by atoms with Gasteiger partial charge in [0.25, 0.3) is 5.56 Å². The van der Waals surface area contributed by atoms with Crippen LogP contribution >= 0.6 is 11.8 Å². The summed E-state index contributed by atoms with van der Waals surface area (Å²) in [5, 5.41) is 3.54. The first kappa shape index (κ1) is 23.1. The van der Waals surface area contributed by atoms with Gasteiger partial charge in [-0.25, -0.2) is 9.37 Å². The number of nitrogens with one attached hydrogen (secondary N) is 1. The Labute approximate surface area is 206 Å². The second-order valence-corrected chi connectivity index (χ2v) is 9.38. The maximum Gasteiger partial charge on any atom is 0.266 e. The van der Waals surface area contributed by atoms with Gasteiger partial charge >= 0.3 is 0 Å². The summed E-state index contributed by atoms with van der Waals surface area (Å²) in [5.41, 5.74) is 2.09. The zero-order chi connectivity index (χ0) is 24.2. The molecule has 0 saturated carbocycles. The smallest absolute Gasteiger partial charge is 0.266 e. The first-order valence-corrected chi connectivity index (χ1v) is 12.6. The Hall–Kier alpha value is -3.65. The number of carbonyl (C=O) groups is 1. The lowest BCUT2D eigenvalue weighted by atomic mass is 10.1. The molecule has 1 aromatic heterocycles. The van der Waals surface area contributed by atoms with Crippen LogP contribution in [0.2, 0.25) is 0 Å². The summed E-state index contributed by atoms with van der Waals surface area (Å²) in [6, 6.07) is 20.8. The SMILES string of the molecule is O=C(CSc1nc2ccccc2c(=O)n1-c1ccccc1F)Nc1ccc(N2CCCCC2)cc1. The van der Waals surface area contributed by atoms with E-state index in [2.05, 4.69) is 15.2 Å². The molecule has 2 heterocycles. The Morgan fingerprint density at radius 2 is 1.66 bits per heavy atom. The largest absolute Gasteiger partial charge is 0.372 e. The van der Waals surface area contributed by atoms with Crippen molar-refractivity contribution < 1.29 is 9.18 Å². The van der Waals surface area contributed by atoms with Crippen LogP contribution in [0.15, 0.2) is 82.7 Å². The second-order valence-electron chi connectivity index (χ2n) is 8.43. The van der Waals surface area contributed by atoms with Crippen molar-refractivity contribution in [1.82, 2.24) is 9.55 Å². The van der Waals surface area contributed by atoms with Crippen molar-refractivity contribution in [3.05, 3.63) is 89.0 Å². The molecule has 0 atom stereocenters. The predicted octanol–water partition coefficient (Wildman–Crippen LogP) is 5.25. The highest BCUT2D eigenvalue weighted by atomic mass is 32.2. The van der Waals surface area contributed by atoms with E-state index in [-0.39, 0.29) is 28.1 Å². The van der Waals surface area contributed by atoms with Crippen molar-refractivity contribution in [3.8, 4) is 5.69 Å². The van der Waals surface area contributed by atoms with Crippen molar-refractivity contribution in [1.29, 1.82) is 0 Å². The molecule has 1 N–H and O–H groups in total. The van der Waals surface area contributed by atoms with Gasteiger partial charge < -0.3 is 10.2 Å². The number of benzene rings is 3. The van der Waals surface area contributed by atoms with Crippen LogP contribution in [0.5, 0.6) is 0 Å². The molecule has 1 fully saturated rings. The molecule has 1 amide bonds. The summed E-state index contributed by atoms with van der Waals surface area (Å²) in [7, 11) is 0. The fourth-order valence-electron chi connectivity index (χ4n) is 4.29. The monoisotopic (exact) mass is 488 g/mol. The molecule has 0 bridgehead atoms. The zero-order valence-corrected chi connectivity index (χ0v) is 19.9. The number of amides is 1. The van der Waals surface area contributed by atoms with Gasteiger partial charge in [-0.15, -0.1) is 0 Å². The van der Waals surface area contributed by atoms with E-state index >= 15 is 0 Å². The number of carbonyl (C=O) groups excluding carboxylic acids is 1. The summed E-state index contributed by atoms with van der Waals surface area (Å²) in [6.07, 6.45) is 3.69. The number of halogens is 1. The molecular weight excluding hydrogens is 463 g/mol. The average molecular weight is 489 g/mol. The number of hydrogen-bond donors (Lipinski definition) is 1. The summed E-state index contributed by atoms with van der Waals surface area (Å²) >= 11 is 1.10. The van der Waals surface area contributed by atoms with Gasteiger partial charge in [-0.05, 0) is 67.8 Å². The van der Waals surface area contributed by atoms with E-state index in [4.69, 9.17) is 0 Å². The van der Waals surface area contributed by atoms with Gasteiger partial charge in [-0.1, -0.05) is 36.0 Å². The molecule has 0 aliphatic carbocycles. The quantitative estimate of drug-likeness (QED) is 0.297. The molecule has 178 valence electrons. The van der Waals surface area contributed by atoms with Gasteiger partial charge in [0.05, 0.1) is 22.3 Å². The maximum absolute atomic E-state index is 14.6. The van der Waals surface area contributed by atoms with Crippen molar-refractivity contribution in [2.45, 2.75) is 24.4 Å². The molecule has 4 aromatic rings. The van der Waals surface area contributed by atoms with Crippen molar-refractivity contribution >= 4 is 39.9 Å². The van der Waals surface area contributed by atoms with Gasteiger partial charge in [-0.2, -0.15) is 0 Å². The minimum absolute atomic E-state index is 0.0209. The number of thioether (sulfide) groups is 1. The van der Waals surface area contributed by atoms with Gasteiger partial charge in [-0.3, -0.25) is 14.2 Å². The van der Waals surface area contributed by atoms with Crippen molar-refractivity contribution in [2.75, 3.05) is 29.1 Å². The molecular formula is C27H25FN4O2S. The lowest BCUT2D eigenvalue weighted by Gasteiger charge is -2.28. The van der Waals surface area contributed by atoms with Crippen LogP contribution in [0.4, 0.5) is 15.8 Å². The average Bonchev–Trinajstić information content (AvgIpc) is 2.89. The van der Waals surface area contributed by atoms with Crippen LogP contribution in [0, 0.1) is 5.82 Å². The Bertz CT molecular complexity index is 1420. The maximum atomic E-state index is 14.6. The number of piperidine rings is 1. The van der Waals surface area contributed by atoms with E-state index in [9.17, 15) is 14.0 Å². The minimum atomic E-state index is -0.535. The van der Waals surface area contributed by atoms with Gasteiger partial charge in [0.2, 0.25) is 5.91 Å². The van der Waals surface area contributed by atoms with Crippen molar-refractivity contribution in [2.24, 2.45) is 0 Å². The van der Waals surface area contributed by atoms with Crippen LogP contribution in [0.25, 0.3) is 16.6 Å². The predicted molar refractivity (Wildman–Crippen MR) is 139 cm³/mol. The number of rotatable bonds is 6. The van der Waals surface area contributed by atoms with Gasteiger partial charge in [0, 0.05) is 24.5 Å². The molecule has 1 aliphatic heterocycles. The van der Waals surface area contributed by atoms with E-state index in [0.717, 1.165) is 30.5 Å². The highest BCUT2D eigenvalue weighted by molar-refractivity contribution is 7.99. The van der Waals surface area contributed by atoms with Gasteiger partial charge in [0.1, 0.15) is 5.82 Å². The zero-order valence-electron chi connectivity index (χ0n) is 19.1. The summed E-state index contributed by atoms with van der Waals surface area (Å²) < 4.78 is 15.8. The Morgan fingerprint density at radius 3 is 2.43 bits per heavy atom. The molecule has 0 unspecified atom stereocenters. The van der Waals surface area contributed by atoms with Crippen LogP contribution in [-0.2, 0) is 4.79 Å². The number of para-hydroxylation sites is 2. The number of aromatic nitrogens is 2. The van der Waals surface area contributed by atoms with E-state index in [1.807, 2.05) is 24.3 Å². The highest BCUT2D eigenvalue weighted by Crippen LogP contribution is 2.24. The number of nitrogens with zero attached hydrogens (tertiary/aromatic N) is 3. The molecule has 35 heavy (non-hydrogen) atoms. The number of anilines is 2. The second kappa shape index (κ2) is 10.3. The summed E-state index contributed by atoms with van der Waals surface area (Å²) in [5.74, 6) is -0.748. The van der Waals surface area contributed by atoms with E-state index < -0.39 is 5.82 Å². The fourth-order valence-corrected chi connectivity index (χ4v) is 5.10. The molecule has 0 radical (unpaired) electrons. The lowest BCUT2D eigenvalue weighted by Crippen LogP contribution is -2.29. The Morgan fingerprint density at radius 1 is 0.943 bits per heavy atom. The summed E-state index contributed by atoms with van der Waals surface area (Å²) in [6.45, 7) is 2.12. The number of fused-ring (bicyclic) bond motifs is 1. The van der Waals surface area contributed by atoms with Crippen LogP contribution in [0.3, 0.4) is 0 Å². The Kier molecular flexibility index (Phi) is 6.81. The van der Waals surface area contributed by atoms with Gasteiger partial charge in [0.15, 0.2) is 5.16 Å². The first-order chi connectivity index (χ1) is 17.1. The van der Waals surface area contributed by atoms with E-state index in [1.54, 1.807) is 36.4 Å². The molecule has 3 aromatic carbocycles. The molecule has 1 aliphatic rings. The standard InChI is InChI=1S/C27H25FN4O2S/c28-22-9-3-5-11-24(22)32-26(34)21-8-2-4-10-23(21)30-27(32)35-18-25(33)29-19-12-14-20(15-13-19)31-16-6-1-7-17-31/h2-5,8-15H,1,6-7,16-18H2,(H,29,33). The van der Waals surface area contributed by atoms with Crippen LogP contribution in [-0.4, -0.2) is 34.3 Å². The normalized spacial score (nSPS) is 13.7. The Balaban J connectivity index is 1.35. The molecule has 0 spiro atoms. The van der Waals surface area contributed by atoms with Crippen molar-refractivity contribution in [3.63, 3.8) is 0 Å². The first-order valence-electron chi connectivity index (χ1n) is 11.6. The molecule has 6 nitrogen and oxygen atoms in total. The minimum Gasteiger partial charge on any atom is -0.372 e. The third kappa shape index (κ3) is 5.07. The third-order valence-corrected chi connectivity index (χ3v) is 6.98. The third-order valence-electron chi connectivity index (χ3n) is 6.04. The fraction of sp³-hybridized carbons (Fsp3) is 0.222. The van der Waals surface area contributed by atoms with Crippen LogP contribution < -0.4 is 15.8 Å². The van der Waals surface area contributed by atoms with E-state index in [0.29, 0.717) is 16.6 Å². The molecule has 1 saturated heterocycles. The highest BCUT2D eigenvalue weighted by Gasteiger charge is 2.17. The van der Waals surface area contributed by atoms with E-state index in [1.165, 1.54) is 36.0 Å².